The first-order valence-corrected chi connectivity index (χ1v) is 6.20. The van der Waals surface area contributed by atoms with E-state index in [-0.39, 0.29) is 6.61 Å². The van der Waals surface area contributed by atoms with Crippen LogP contribution in [0.25, 0.3) is 0 Å². The van der Waals surface area contributed by atoms with E-state index in [1.165, 1.54) is 0 Å². The summed E-state index contributed by atoms with van der Waals surface area (Å²) < 4.78 is 8.11. The zero-order chi connectivity index (χ0) is 11.3. The van der Waals surface area contributed by atoms with Gasteiger partial charge in [0.25, 0.3) is 0 Å². The Morgan fingerprint density at radius 1 is 1.40 bits per heavy atom. The number of halogens is 1. The number of nitrogens with zero attached hydrogens (tertiary/aromatic N) is 3. The molecule has 1 N–H and O–H groups in total. The summed E-state index contributed by atoms with van der Waals surface area (Å²) in [5, 5.41) is 9.47. The fourth-order valence-corrected chi connectivity index (χ4v) is 2.40. The van der Waals surface area contributed by atoms with Gasteiger partial charge in [-0.1, -0.05) is 25.4 Å². The van der Waals surface area contributed by atoms with Gasteiger partial charge in [0.2, 0.25) is 0 Å². The molecule has 0 aliphatic rings. The fourth-order valence-electron chi connectivity index (χ4n) is 1.64. The first-order chi connectivity index (χ1) is 7.24. The minimum Gasteiger partial charge on any atom is -0.395 e. The molecule has 86 valence electrons. The molecule has 0 spiro atoms. The molecule has 0 saturated carbocycles. The Kier molecular flexibility index (Phi) is 5.28. The maximum atomic E-state index is 9.04. The summed E-state index contributed by atoms with van der Waals surface area (Å²) >= 11 is 7.05. The van der Waals surface area contributed by atoms with Gasteiger partial charge in [-0.3, -0.25) is 0 Å². The van der Waals surface area contributed by atoms with Crippen molar-refractivity contribution in [3.63, 3.8) is 0 Å². The second-order valence-electron chi connectivity index (χ2n) is 3.27. The van der Waals surface area contributed by atoms with Crippen LogP contribution in [0.15, 0.2) is 0 Å². The molecule has 0 amide bonds. The molecule has 0 atom stereocenters. The van der Waals surface area contributed by atoms with Gasteiger partial charge in [0.05, 0.1) is 18.3 Å². The second-order valence-corrected chi connectivity index (χ2v) is 4.15. The van der Waals surface area contributed by atoms with Crippen LogP contribution >= 0.6 is 23.3 Å². The lowest BCUT2D eigenvalue weighted by Gasteiger charge is -2.29. The third kappa shape index (κ3) is 3.03. The van der Waals surface area contributed by atoms with Crippen LogP contribution in [-0.4, -0.2) is 33.0 Å². The molecule has 1 aromatic heterocycles. The zero-order valence-electron chi connectivity index (χ0n) is 8.98. The van der Waals surface area contributed by atoms with Crippen LogP contribution < -0.4 is 4.90 Å². The Balaban J connectivity index is 2.86. The Hall–Kier alpha value is -0.390. The van der Waals surface area contributed by atoms with E-state index in [2.05, 4.69) is 22.6 Å². The van der Waals surface area contributed by atoms with Crippen LogP contribution in [0.3, 0.4) is 0 Å². The summed E-state index contributed by atoms with van der Waals surface area (Å²) in [4.78, 5) is 2.03. The van der Waals surface area contributed by atoms with Crippen molar-refractivity contribution in [2.75, 3.05) is 18.1 Å². The van der Waals surface area contributed by atoms with Crippen molar-refractivity contribution in [3.8, 4) is 0 Å². The summed E-state index contributed by atoms with van der Waals surface area (Å²) in [7, 11) is 0. The van der Waals surface area contributed by atoms with E-state index in [4.69, 9.17) is 16.7 Å². The van der Waals surface area contributed by atoms with Crippen LogP contribution in [0, 0.1) is 0 Å². The van der Waals surface area contributed by atoms with E-state index in [0.29, 0.717) is 23.6 Å². The van der Waals surface area contributed by atoms with Gasteiger partial charge in [0.15, 0.2) is 11.0 Å². The topological polar surface area (TPSA) is 49.2 Å². The molecular weight excluding hydrogens is 234 g/mol. The van der Waals surface area contributed by atoms with E-state index in [9.17, 15) is 0 Å². The molecule has 0 aliphatic carbocycles. The van der Waals surface area contributed by atoms with Crippen molar-refractivity contribution >= 4 is 29.1 Å². The van der Waals surface area contributed by atoms with Crippen LogP contribution in [0.4, 0.5) is 5.82 Å². The predicted octanol–water partition coefficient (Wildman–Crippen LogP) is 2.18. The number of aliphatic hydroxyl groups is 1. The highest BCUT2D eigenvalue weighted by Crippen LogP contribution is 2.26. The van der Waals surface area contributed by atoms with E-state index < -0.39 is 0 Å². The van der Waals surface area contributed by atoms with Crippen LogP contribution in [-0.2, 0) is 0 Å². The maximum absolute atomic E-state index is 9.04. The summed E-state index contributed by atoms with van der Waals surface area (Å²) in [6.07, 6.45) is 2.01. The smallest absolute Gasteiger partial charge is 0.187 e. The van der Waals surface area contributed by atoms with Gasteiger partial charge >= 0.3 is 0 Å². The van der Waals surface area contributed by atoms with Crippen molar-refractivity contribution in [1.29, 1.82) is 0 Å². The molecule has 15 heavy (non-hydrogen) atoms. The lowest BCUT2D eigenvalue weighted by atomic mass is 10.1. The zero-order valence-corrected chi connectivity index (χ0v) is 10.6. The standard InChI is InChI=1S/C9H16ClN3OS/c1-3-7(4-2)13(5-6-14)9-8(10)11-15-12-9/h7,14H,3-6H2,1-2H3. The van der Waals surface area contributed by atoms with Gasteiger partial charge in [-0.2, -0.15) is 8.75 Å². The summed E-state index contributed by atoms with van der Waals surface area (Å²) in [6, 6.07) is 0.360. The second kappa shape index (κ2) is 6.25. The molecule has 0 aliphatic heterocycles. The van der Waals surface area contributed by atoms with Gasteiger partial charge < -0.3 is 10.0 Å². The highest BCUT2D eigenvalue weighted by atomic mass is 35.5. The lowest BCUT2D eigenvalue weighted by molar-refractivity contribution is 0.295. The Bertz CT molecular complexity index is 291. The van der Waals surface area contributed by atoms with Gasteiger partial charge in [-0.25, -0.2) is 0 Å². The van der Waals surface area contributed by atoms with E-state index in [1.54, 1.807) is 0 Å². The molecule has 1 heterocycles. The molecular formula is C9H16ClN3OS. The van der Waals surface area contributed by atoms with Gasteiger partial charge in [-0.15, -0.1) is 0 Å². The van der Waals surface area contributed by atoms with Crippen LogP contribution in [0.2, 0.25) is 5.15 Å². The highest BCUT2D eigenvalue weighted by molar-refractivity contribution is 6.99. The predicted molar refractivity (Wildman–Crippen MR) is 63.7 cm³/mol. The Morgan fingerprint density at radius 2 is 2.07 bits per heavy atom. The van der Waals surface area contributed by atoms with Gasteiger partial charge in [0.1, 0.15) is 0 Å². The molecule has 1 aromatic rings. The number of hydrogen-bond donors (Lipinski definition) is 1. The number of rotatable bonds is 6. The van der Waals surface area contributed by atoms with Crippen LogP contribution in [0.5, 0.6) is 0 Å². The van der Waals surface area contributed by atoms with Crippen molar-refractivity contribution < 1.29 is 5.11 Å². The molecule has 0 bridgehead atoms. The molecule has 0 radical (unpaired) electrons. The third-order valence-electron chi connectivity index (χ3n) is 2.43. The minimum atomic E-state index is 0.102. The molecule has 6 heteroatoms. The number of anilines is 1. The average molecular weight is 250 g/mol. The molecule has 4 nitrogen and oxygen atoms in total. The van der Waals surface area contributed by atoms with E-state index in [0.717, 1.165) is 24.6 Å². The van der Waals surface area contributed by atoms with Crippen molar-refractivity contribution in [2.45, 2.75) is 32.7 Å². The SMILES string of the molecule is CCC(CC)N(CCO)c1nsnc1Cl. The number of aliphatic hydroxyl groups excluding tert-OH is 1. The van der Waals surface area contributed by atoms with E-state index >= 15 is 0 Å². The minimum absolute atomic E-state index is 0.102. The average Bonchev–Trinajstić information content (AvgIpc) is 2.65. The van der Waals surface area contributed by atoms with Crippen molar-refractivity contribution in [1.82, 2.24) is 8.75 Å². The number of hydrogen-bond acceptors (Lipinski definition) is 5. The van der Waals surface area contributed by atoms with E-state index in [1.807, 2.05) is 4.90 Å². The van der Waals surface area contributed by atoms with Gasteiger partial charge in [-0.05, 0) is 12.8 Å². The van der Waals surface area contributed by atoms with Crippen molar-refractivity contribution in [3.05, 3.63) is 5.15 Å². The number of aromatic nitrogens is 2. The lowest BCUT2D eigenvalue weighted by Crippen LogP contribution is -2.37. The molecule has 0 unspecified atom stereocenters. The third-order valence-corrected chi connectivity index (χ3v) is 3.30. The van der Waals surface area contributed by atoms with Crippen LogP contribution in [0.1, 0.15) is 26.7 Å². The molecule has 0 fully saturated rings. The summed E-state index contributed by atoms with van der Waals surface area (Å²) in [5.74, 6) is 0.699. The molecule has 0 aromatic carbocycles. The quantitative estimate of drug-likeness (QED) is 0.840. The fraction of sp³-hybridized carbons (Fsp3) is 0.778. The highest BCUT2D eigenvalue weighted by Gasteiger charge is 2.20. The molecule has 1 rings (SSSR count). The summed E-state index contributed by atoms with van der Waals surface area (Å²) in [5.41, 5.74) is 0. The molecule has 0 saturated heterocycles. The maximum Gasteiger partial charge on any atom is 0.187 e. The van der Waals surface area contributed by atoms with Crippen molar-refractivity contribution in [2.24, 2.45) is 0 Å². The monoisotopic (exact) mass is 249 g/mol. The Morgan fingerprint density at radius 3 is 2.47 bits per heavy atom. The Labute approximate surface area is 99.2 Å². The largest absolute Gasteiger partial charge is 0.395 e. The van der Waals surface area contributed by atoms with Gasteiger partial charge in [0, 0.05) is 12.6 Å². The first-order valence-electron chi connectivity index (χ1n) is 5.10. The summed E-state index contributed by atoms with van der Waals surface area (Å²) in [6.45, 7) is 4.89. The normalized spacial score (nSPS) is 11.0. The first kappa shape index (κ1) is 12.7.